The normalized spacial score (nSPS) is 12.8. The number of hydrogen-bond acceptors (Lipinski definition) is 5. The van der Waals surface area contributed by atoms with Crippen molar-refractivity contribution in [3.63, 3.8) is 0 Å². The maximum absolute atomic E-state index is 11.4. The predicted octanol–water partition coefficient (Wildman–Crippen LogP) is 0.0138. The Morgan fingerprint density at radius 3 is 2.80 bits per heavy atom. The first-order valence-electron chi connectivity index (χ1n) is 6.13. The lowest BCUT2D eigenvalue weighted by molar-refractivity contribution is -0.122. The quantitative estimate of drug-likeness (QED) is 0.254. The highest BCUT2D eigenvalue weighted by Crippen LogP contribution is 2.20. The van der Waals surface area contributed by atoms with E-state index in [2.05, 4.69) is 15.8 Å². The molecular formula is C13H20N4O3. The molecule has 7 nitrogen and oxygen atoms in total. The number of rotatable bonds is 6. The second-order valence-electron chi connectivity index (χ2n) is 4.24. The van der Waals surface area contributed by atoms with Crippen LogP contribution in [0, 0.1) is 0 Å². The smallest absolute Gasteiger partial charge is 0.236 e. The van der Waals surface area contributed by atoms with Gasteiger partial charge in [-0.25, -0.2) is 0 Å². The van der Waals surface area contributed by atoms with Crippen molar-refractivity contribution in [2.45, 2.75) is 19.5 Å². The summed E-state index contributed by atoms with van der Waals surface area (Å²) >= 11 is 0. The number of hydrogen-bond donors (Lipinski definition) is 4. The Morgan fingerprint density at radius 2 is 2.25 bits per heavy atom. The average molecular weight is 280 g/mol. The van der Waals surface area contributed by atoms with Gasteiger partial charge >= 0.3 is 0 Å². The molecule has 7 heteroatoms. The zero-order valence-corrected chi connectivity index (χ0v) is 11.8. The van der Waals surface area contributed by atoms with E-state index in [4.69, 9.17) is 15.7 Å². The molecule has 0 fully saturated rings. The fourth-order valence-corrected chi connectivity index (χ4v) is 1.69. The number of likely N-dealkylation sites (N-methyl/N-ethyl adjacent to an activating group) is 1. The molecule has 0 saturated heterocycles. The number of oxime groups is 1. The van der Waals surface area contributed by atoms with Crippen molar-refractivity contribution < 1.29 is 14.7 Å². The van der Waals surface area contributed by atoms with Gasteiger partial charge < -0.3 is 26.3 Å². The lowest BCUT2D eigenvalue weighted by Gasteiger charge is -2.14. The van der Waals surface area contributed by atoms with Crippen molar-refractivity contribution in [2.75, 3.05) is 14.2 Å². The van der Waals surface area contributed by atoms with Gasteiger partial charge in [0, 0.05) is 13.6 Å². The Balaban J connectivity index is 2.81. The number of benzene rings is 1. The van der Waals surface area contributed by atoms with Gasteiger partial charge in [-0.3, -0.25) is 4.79 Å². The summed E-state index contributed by atoms with van der Waals surface area (Å²) in [6, 6.07) is 5.00. The van der Waals surface area contributed by atoms with E-state index < -0.39 is 0 Å². The Labute approximate surface area is 117 Å². The lowest BCUT2D eigenvalue weighted by atomic mass is 10.1. The third kappa shape index (κ3) is 3.86. The van der Waals surface area contributed by atoms with Gasteiger partial charge in [-0.05, 0) is 24.6 Å². The maximum Gasteiger partial charge on any atom is 0.236 e. The molecular weight excluding hydrogens is 260 g/mol. The molecule has 1 atom stereocenters. The largest absolute Gasteiger partial charge is 0.496 e. The number of nitrogens with zero attached hydrogens (tertiary/aromatic N) is 1. The van der Waals surface area contributed by atoms with E-state index in [1.165, 1.54) is 7.11 Å². The Morgan fingerprint density at radius 1 is 1.55 bits per heavy atom. The predicted molar refractivity (Wildman–Crippen MR) is 75.9 cm³/mol. The van der Waals surface area contributed by atoms with E-state index in [1.807, 2.05) is 6.07 Å². The zero-order chi connectivity index (χ0) is 15.1. The number of amides is 1. The summed E-state index contributed by atoms with van der Waals surface area (Å²) in [4.78, 5) is 11.4. The van der Waals surface area contributed by atoms with E-state index in [1.54, 1.807) is 26.1 Å². The second kappa shape index (κ2) is 7.34. The third-order valence-electron chi connectivity index (χ3n) is 2.90. The average Bonchev–Trinajstić information content (AvgIpc) is 2.50. The molecule has 5 N–H and O–H groups in total. The van der Waals surface area contributed by atoms with Crippen molar-refractivity contribution in [1.82, 2.24) is 10.6 Å². The minimum absolute atomic E-state index is 0.0138. The second-order valence-corrected chi connectivity index (χ2v) is 4.24. The van der Waals surface area contributed by atoms with Crippen molar-refractivity contribution in [3.05, 3.63) is 29.3 Å². The van der Waals surface area contributed by atoms with Crippen LogP contribution in [-0.2, 0) is 11.3 Å². The summed E-state index contributed by atoms with van der Waals surface area (Å²) in [5.41, 5.74) is 6.99. The number of ether oxygens (including phenoxy) is 1. The molecule has 1 rings (SSSR count). The van der Waals surface area contributed by atoms with Crippen molar-refractivity contribution in [1.29, 1.82) is 0 Å². The molecule has 0 heterocycles. The molecule has 110 valence electrons. The van der Waals surface area contributed by atoms with Crippen LogP contribution in [0.1, 0.15) is 18.1 Å². The third-order valence-corrected chi connectivity index (χ3v) is 2.90. The standard InChI is InChI=1S/C13H20N4O3/c1-8(13(18)15-2)16-7-9-4-5-10(12(14)17-19)11(6-9)20-3/h4-6,8,16,19H,7H2,1-3H3,(H2,14,17)(H,15,18). The number of nitrogens with two attached hydrogens (primary N) is 1. The Bertz CT molecular complexity index is 502. The summed E-state index contributed by atoms with van der Waals surface area (Å²) in [5.74, 6) is 0.414. The van der Waals surface area contributed by atoms with Crippen molar-refractivity contribution >= 4 is 11.7 Å². The van der Waals surface area contributed by atoms with Gasteiger partial charge in [-0.15, -0.1) is 0 Å². The van der Waals surface area contributed by atoms with E-state index >= 15 is 0 Å². The van der Waals surface area contributed by atoms with Gasteiger partial charge in [0.1, 0.15) is 5.75 Å². The van der Waals surface area contributed by atoms with E-state index in [-0.39, 0.29) is 17.8 Å². The molecule has 0 spiro atoms. The summed E-state index contributed by atoms with van der Waals surface area (Å²) < 4.78 is 5.21. The minimum Gasteiger partial charge on any atom is -0.496 e. The monoisotopic (exact) mass is 280 g/mol. The summed E-state index contributed by atoms with van der Waals surface area (Å²) in [6.45, 7) is 2.28. The minimum atomic E-state index is -0.297. The first-order valence-corrected chi connectivity index (χ1v) is 6.13. The van der Waals surface area contributed by atoms with Crippen LogP contribution in [0.15, 0.2) is 23.4 Å². The molecule has 20 heavy (non-hydrogen) atoms. The topological polar surface area (TPSA) is 109 Å². The highest BCUT2D eigenvalue weighted by molar-refractivity contribution is 5.99. The first-order chi connectivity index (χ1) is 9.53. The molecule has 0 aliphatic rings. The van der Waals surface area contributed by atoms with Crippen LogP contribution in [0.4, 0.5) is 0 Å². The number of methoxy groups -OCH3 is 1. The molecule has 0 aliphatic heterocycles. The van der Waals surface area contributed by atoms with E-state index in [9.17, 15) is 4.79 Å². The first kappa shape index (κ1) is 15.8. The molecule has 1 aromatic rings. The molecule has 0 aliphatic carbocycles. The van der Waals surface area contributed by atoms with Crippen LogP contribution >= 0.6 is 0 Å². The van der Waals surface area contributed by atoms with Crippen LogP contribution in [0.3, 0.4) is 0 Å². The van der Waals surface area contributed by atoms with Crippen LogP contribution in [0.5, 0.6) is 5.75 Å². The molecule has 0 saturated carbocycles. The highest BCUT2D eigenvalue weighted by atomic mass is 16.5. The van der Waals surface area contributed by atoms with Gasteiger partial charge in [-0.2, -0.15) is 0 Å². The maximum atomic E-state index is 11.4. The molecule has 0 bridgehead atoms. The fraction of sp³-hybridized carbons (Fsp3) is 0.385. The zero-order valence-electron chi connectivity index (χ0n) is 11.8. The number of amidine groups is 1. The van der Waals surface area contributed by atoms with Crippen molar-refractivity contribution in [3.8, 4) is 5.75 Å². The van der Waals surface area contributed by atoms with Crippen LogP contribution in [0.2, 0.25) is 0 Å². The SMILES string of the molecule is CNC(=O)C(C)NCc1ccc(/C(N)=N/O)c(OC)c1. The fourth-order valence-electron chi connectivity index (χ4n) is 1.69. The van der Waals surface area contributed by atoms with Gasteiger partial charge in [0.2, 0.25) is 5.91 Å². The Hall–Kier alpha value is -2.28. The van der Waals surface area contributed by atoms with Crippen LogP contribution in [-0.4, -0.2) is 37.1 Å². The van der Waals surface area contributed by atoms with Crippen LogP contribution < -0.4 is 21.1 Å². The van der Waals surface area contributed by atoms with Gasteiger partial charge in [-0.1, -0.05) is 11.2 Å². The summed E-state index contributed by atoms with van der Waals surface area (Å²) in [6.07, 6.45) is 0. The number of nitrogens with one attached hydrogen (secondary N) is 2. The molecule has 1 unspecified atom stereocenters. The summed E-state index contributed by atoms with van der Waals surface area (Å²) in [5, 5.41) is 17.3. The van der Waals surface area contributed by atoms with Gasteiger partial charge in [0.05, 0.1) is 18.7 Å². The van der Waals surface area contributed by atoms with Crippen molar-refractivity contribution in [2.24, 2.45) is 10.9 Å². The van der Waals surface area contributed by atoms with Gasteiger partial charge in [0.15, 0.2) is 5.84 Å². The van der Waals surface area contributed by atoms with Gasteiger partial charge in [0.25, 0.3) is 0 Å². The lowest BCUT2D eigenvalue weighted by Crippen LogP contribution is -2.40. The number of carbonyl (C=O) groups excluding carboxylic acids is 1. The molecule has 0 radical (unpaired) electrons. The Kier molecular flexibility index (Phi) is 5.79. The summed E-state index contributed by atoms with van der Waals surface area (Å²) in [7, 11) is 3.10. The van der Waals surface area contributed by atoms with Crippen LogP contribution in [0.25, 0.3) is 0 Å². The number of carbonyl (C=O) groups is 1. The molecule has 1 aromatic carbocycles. The van der Waals surface area contributed by atoms with E-state index in [0.717, 1.165) is 5.56 Å². The molecule has 0 aromatic heterocycles. The highest BCUT2D eigenvalue weighted by Gasteiger charge is 2.12. The van der Waals surface area contributed by atoms with E-state index in [0.29, 0.717) is 17.9 Å². The molecule has 1 amide bonds.